The minimum Gasteiger partial charge on any atom is -0.456 e. The number of thiazole rings is 1. The van der Waals surface area contributed by atoms with Crippen LogP contribution in [0, 0.1) is 0 Å². The van der Waals surface area contributed by atoms with Gasteiger partial charge in [-0.1, -0.05) is 133 Å². The van der Waals surface area contributed by atoms with E-state index in [1.807, 2.05) is 24.3 Å². The molecule has 5 heteroatoms. The van der Waals surface area contributed by atoms with E-state index in [1.54, 1.807) is 11.3 Å². The predicted molar refractivity (Wildman–Crippen MR) is 251 cm³/mol. The normalized spacial score (nSPS) is 11.7. The van der Waals surface area contributed by atoms with Crippen molar-refractivity contribution in [1.29, 1.82) is 0 Å². The van der Waals surface area contributed by atoms with Crippen LogP contribution in [0.15, 0.2) is 215 Å². The maximum absolute atomic E-state index is 6.40. The lowest BCUT2D eigenvalue weighted by Gasteiger charge is -2.26. The van der Waals surface area contributed by atoms with Gasteiger partial charge in [0.05, 0.1) is 10.2 Å². The highest BCUT2D eigenvalue weighted by Crippen LogP contribution is 2.43. The molecule has 0 radical (unpaired) electrons. The molecule has 3 aromatic heterocycles. The SMILES string of the molecule is c1ccc(-c2ccc(N(c3ccc(-c4ccc5oc6ccc7nc(-c8ccccc8)sc7c6c5c4)cc3)c3cccc(-c4cccc5oc6ccccc6c45)c3)cc2)cc1. The molecule has 0 fully saturated rings. The van der Waals surface area contributed by atoms with E-state index in [0.717, 1.165) is 104 Å². The molecule has 3 heterocycles. The first-order chi connectivity index (χ1) is 29.7. The summed E-state index contributed by atoms with van der Waals surface area (Å²) in [5, 5.41) is 5.47. The molecule has 0 amide bonds. The molecule has 0 aliphatic rings. The third-order valence-electron chi connectivity index (χ3n) is 11.5. The number of para-hydroxylation sites is 1. The Morgan fingerprint density at radius 1 is 0.367 bits per heavy atom. The molecule has 0 atom stereocenters. The van der Waals surface area contributed by atoms with Crippen molar-refractivity contribution in [2.24, 2.45) is 0 Å². The molecule has 0 aliphatic carbocycles. The number of anilines is 3. The van der Waals surface area contributed by atoms with E-state index >= 15 is 0 Å². The first-order valence-corrected chi connectivity index (χ1v) is 20.9. The highest BCUT2D eigenvalue weighted by Gasteiger charge is 2.19. The van der Waals surface area contributed by atoms with Crippen LogP contribution in [-0.4, -0.2) is 4.98 Å². The molecule has 0 saturated heterocycles. The molecule has 0 spiro atoms. The lowest BCUT2D eigenvalue weighted by molar-refractivity contribution is 0.668. The molecular formula is C55H34N2O2S. The van der Waals surface area contributed by atoms with E-state index in [1.165, 1.54) is 11.1 Å². The average Bonchev–Trinajstić information content (AvgIpc) is 4.04. The van der Waals surface area contributed by atoms with Gasteiger partial charge in [0.15, 0.2) is 0 Å². The molecule has 12 rings (SSSR count). The summed E-state index contributed by atoms with van der Waals surface area (Å²) in [6, 6.07) is 72.7. The van der Waals surface area contributed by atoms with E-state index in [2.05, 4.69) is 187 Å². The molecule has 0 bridgehead atoms. The van der Waals surface area contributed by atoms with E-state index in [4.69, 9.17) is 13.8 Å². The van der Waals surface area contributed by atoms with Gasteiger partial charge in [0.2, 0.25) is 0 Å². The van der Waals surface area contributed by atoms with E-state index in [9.17, 15) is 0 Å². The summed E-state index contributed by atoms with van der Waals surface area (Å²) in [5.74, 6) is 0. The third-order valence-corrected chi connectivity index (χ3v) is 12.7. The minimum absolute atomic E-state index is 0.872. The van der Waals surface area contributed by atoms with Crippen molar-refractivity contribution in [3.05, 3.63) is 206 Å². The predicted octanol–water partition coefficient (Wildman–Crippen LogP) is 16.2. The van der Waals surface area contributed by atoms with E-state index in [0.29, 0.717) is 0 Å². The van der Waals surface area contributed by atoms with Crippen molar-refractivity contribution < 1.29 is 8.83 Å². The summed E-state index contributed by atoms with van der Waals surface area (Å²) < 4.78 is 13.8. The summed E-state index contributed by atoms with van der Waals surface area (Å²) in [4.78, 5) is 7.35. The lowest BCUT2D eigenvalue weighted by Crippen LogP contribution is -2.10. The second kappa shape index (κ2) is 14.0. The van der Waals surface area contributed by atoms with Crippen molar-refractivity contribution in [3.8, 4) is 44.0 Å². The lowest BCUT2D eigenvalue weighted by atomic mass is 9.98. The number of fused-ring (bicyclic) bond motifs is 8. The van der Waals surface area contributed by atoms with Gasteiger partial charge in [-0.05, 0) is 106 Å². The van der Waals surface area contributed by atoms with E-state index < -0.39 is 0 Å². The Morgan fingerprint density at radius 2 is 0.933 bits per heavy atom. The van der Waals surface area contributed by atoms with Crippen LogP contribution < -0.4 is 4.90 Å². The highest BCUT2D eigenvalue weighted by atomic mass is 32.1. The fourth-order valence-electron chi connectivity index (χ4n) is 8.64. The van der Waals surface area contributed by atoms with Crippen molar-refractivity contribution in [2.75, 3.05) is 4.90 Å². The molecule has 0 saturated carbocycles. The summed E-state index contributed by atoms with van der Waals surface area (Å²) in [6.07, 6.45) is 0. The quantitative estimate of drug-likeness (QED) is 0.161. The molecule has 0 aliphatic heterocycles. The second-order valence-electron chi connectivity index (χ2n) is 15.1. The van der Waals surface area contributed by atoms with Crippen molar-refractivity contribution >= 4 is 82.5 Å². The number of hydrogen-bond acceptors (Lipinski definition) is 5. The van der Waals surface area contributed by atoms with Gasteiger partial charge in [0.25, 0.3) is 0 Å². The molecule has 60 heavy (non-hydrogen) atoms. The number of aromatic nitrogens is 1. The van der Waals surface area contributed by atoms with Crippen LogP contribution in [0.2, 0.25) is 0 Å². The van der Waals surface area contributed by atoms with Crippen LogP contribution in [0.4, 0.5) is 17.1 Å². The Labute approximate surface area is 349 Å². The number of nitrogens with zero attached hydrogens (tertiary/aromatic N) is 2. The summed E-state index contributed by atoms with van der Waals surface area (Å²) in [6.45, 7) is 0. The van der Waals surface area contributed by atoms with Crippen LogP contribution in [0.3, 0.4) is 0 Å². The first-order valence-electron chi connectivity index (χ1n) is 20.1. The Morgan fingerprint density at radius 3 is 1.70 bits per heavy atom. The smallest absolute Gasteiger partial charge is 0.137 e. The zero-order valence-electron chi connectivity index (χ0n) is 32.2. The molecule has 4 nitrogen and oxygen atoms in total. The van der Waals surface area contributed by atoms with Crippen molar-refractivity contribution in [3.63, 3.8) is 0 Å². The Hall–Kier alpha value is -7.73. The Bertz CT molecular complexity index is 3530. The maximum atomic E-state index is 6.40. The fraction of sp³-hybridized carbons (Fsp3) is 0. The number of hydrogen-bond donors (Lipinski definition) is 0. The van der Waals surface area contributed by atoms with Crippen LogP contribution in [0.1, 0.15) is 0 Å². The topological polar surface area (TPSA) is 42.4 Å². The zero-order valence-corrected chi connectivity index (χ0v) is 33.1. The molecule has 0 unspecified atom stereocenters. The summed E-state index contributed by atoms with van der Waals surface area (Å²) in [7, 11) is 0. The summed E-state index contributed by atoms with van der Waals surface area (Å²) >= 11 is 1.72. The largest absolute Gasteiger partial charge is 0.456 e. The van der Waals surface area contributed by atoms with Gasteiger partial charge in [-0.15, -0.1) is 11.3 Å². The molecule has 9 aromatic carbocycles. The van der Waals surface area contributed by atoms with Crippen LogP contribution in [0.25, 0.3) is 98.0 Å². The Kier molecular flexibility index (Phi) is 8.00. The van der Waals surface area contributed by atoms with Gasteiger partial charge < -0.3 is 13.7 Å². The monoisotopic (exact) mass is 786 g/mol. The average molecular weight is 787 g/mol. The third kappa shape index (κ3) is 5.78. The van der Waals surface area contributed by atoms with Crippen molar-refractivity contribution in [1.82, 2.24) is 4.98 Å². The number of rotatable bonds is 7. The van der Waals surface area contributed by atoms with Crippen LogP contribution in [0.5, 0.6) is 0 Å². The van der Waals surface area contributed by atoms with Gasteiger partial charge in [-0.25, -0.2) is 4.98 Å². The van der Waals surface area contributed by atoms with Gasteiger partial charge in [-0.2, -0.15) is 0 Å². The Balaban J connectivity index is 0.956. The molecule has 12 aromatic rings. The second-order valence-corrected chi connectivity index (χ2v) is 16.1. The fourth-order valence-corrected chi connectivity index (χ4v) is 9.76. The minimum atomic E-state index is 0.872. The van der Waals surface area contributed by atoms with Crippen LogP contribution >= 0.6 is 11.3 Å². The van der Waals surface area contributed by atoms with Crippen molar-refractivity contribution in [2.45, 2.75) is 0 Å². The maximum Gasteiger partial charge on any atom is 0.137 e. The number of furan rings is 2. The molecular weight excluding hydrogens is 753 g/mol. The van der Waals surface area contributed by atoms with Gasteiger partial charge in [-0.3, -0.25) is 0 Å². The summed E-state index contributed by atoms with van der Waals surface area (Å²) in [5.41, 5.74) is 15.7. The highest BCUT2D eigenvalue weighted by molar-refractivity contribution is 7.22. The first kappa shape index (κ1) is 34.3. The van der Waals surface area contributed by atoms with Gasteiger partial charge in [0, 0.05) is 44.2 Å². The van der Waals surface area contributed by atoms with Gasteiger partial charge in [0.1, 0.15) is 27.3 Å². The number of benzene rings is 9. The molecule has 282 valence electrons. The standard InChI is InChI=1S/C55H34N2O2S/c1-3-11-35(12-4-1)36-21-26-41(27-22-36)57(43-16-9-15-40(33-43)44-18-10-20-50-52(44)45-17-7-8-19-48(45)58-50)42-28-23-37(24-29-42)39-25-31-49-46(34-39)53-51(59-49)32-30-47-54(53)60-55(56-47)38-13-5-2-6-14-38/h1-34H. The molecule has 0 N–H and O–H groups in total. The van der Waals surface area contributed by atoms with Crippen LogP contribution in [-0.2, 0) is 0 Å². The van der Waals surface area contributed by atoms with E-state index in [-0.39, 0.29) is 0 Å². The zero-order chi connectivity index (χ0) is 39.6. The van der Waals surface area contributed by atoms with Gasteiger partial charge >= 0.3 is 0 Å².